The topological polar surface area (TPSA) is 132 Å². The highest BCUT2D eigenvalue weighted by molar-refractivity contribution is 6.01. The quantitative estimate of drug-likeness (QED) is 0.232. The molecule has 4 rings (SSSR count). The number of ether oxygens (including phenoxy) is 1. The molecule has 1 aromatic heterocycles. The first-order chi connectivity index (χ1) is 20.3. The number of hydrogen-bond donors (Lipinski definition) is 3. The van der Waals surface area contributed by atoms with E-state index in [1.807, 2.05) is 54.8 Å². The third kappa shape index (κ3) is 7.08. The van der Waals surface area contributed by atoms with Crippen LogP contribution in [0.3, 0.4) is 0 Å². The number of quaternary nitrogens is 1. The Bertz CT molecular complexity index is 1660. The van der Waals surface area contributed by atoms with E-state index < -0.39 is 23.6 Å². The number of nitrogens with zero attached hydrogens (tertiary/aromatic N) is 3. The molecule has 3 aromatic rings. The third-order valence-electron chi connectivity index (χ3n) is 7.11. The molecule has 2 heterocycles. The number of rotatable bonds is 6. The Kier molecular flexibility index (Phi) is 8.97. The summed E-state index contributed by atoms with van der Waals surface area (Å²) in [4.78, 5) is 45.4. The minimum absolute atomic E-state index is 0.0390. The molecule has 0 spiro atoms. The van der Waals surface area contributed by atoms with Gasteiger partial charge in [-0.3, -0.25) is 14.5 Å². The Morgan fingerprint density at radius 1 is 1.19 bits per heavy atom. The summed E-state index contributed by atoms with van der Waals surface area (Å²) in [6, 6.07) is 14.1. The lowest BCUT2D eigenvalue weighted by Crippen LogP contribution is -2.73. The fourth-order valence-corrected chi connectivity index (χ4v) is 4.68. The van der Waals surface area contributed by atoms with Gasteiger partial charge < -0.3 is 25.7 Å². The Balaban J connectivity index is 1.71. The van der Waals surface area contributed by atoms with Gasteiger partial charge in [-0.2, -0.15) is 0 Å². The molecular weight excluding hydrogens is 544 g/mol. The number of hydrogen-bond acceptors (Lipinski definition) is 6. The van der Waals surface area contributed by atoms with Crippen molar-refractivity contribution < 1.29 is 24.4 Å². The molecule has 3 amide bonds. The van der Waals surface area contributed by atoms with Gasteiger partial charge in [-0.05, 0) is 87.2 Å². The van der Waals surface area contributed by atoms with Gasteiger partial charge in [0.2, 0.25) is 11.8 Å². The van der Waals surface area contributed by atoms with Gasteiger partial charge in [-0.1, -0.05) is 12.0 Å². The van der Waals surface area contributed by atoms with E-state index in [0.29, 0.717) is 12.1 Å². The van der Waals surface area contributed by atoms with Gasteiger partial charge in [0.25, 0.3) is 0 Å². The van der Waals surface area contributed by atoms with Crippen molar-refractivity contribution in [2.75, 3.05) is 31.4 Å². The Labute approximate surface area is 252 Å². The summed E-state index contributed by atoms with van der Waals surface area (Å²) in [5.41, 5.74) is 5.46. The smallest absolute Gasteiger partial charge is 0.410 e. The van der Waals surface area contributed by atoms with E-state index in [1.165, 1.54) is 18.2 Å². The Hall–Kier alpha value is -5.01. The second kappa shape index (κ2) is 12.5. The summed E-state index contributed by atoms with van der Waals surface area (Å²) >= 11 is 0. The molecule has 10 nitrogen and oxygen atoms in total. The number of pyridine rings is 1. The van der Waals surface area contributed by atoms with Crippen LogP contribution < -0.4 is 15.5 Å². The molecule has 43 heavy (non-hydrogen) atoms. The van der Waals surface area contributed by atoms with Crippen LogP contribution in [0.5, 0.6) is 0 Å². The molecule has 0 saturated carbocycles. The highest BCUT2D eigenvalue weighted by atomic mass is 16.6. The number of amides is 3. The number of likely N-dealkylation sites (N-methyl/N-ethyl adjacent to an activating group) is 2. The van der Waals surface area contributed by atoms with Crippen molar-refractivity contribution in [2.24, 2.45) is 0 Å². The maximum atomic E-state index is 13.2. The molecule has 0 radical (unpaired) electrons. The zero-order valence-corrected chi connectivity index (χ0v) is 25.5. The van der Waals surface area contributed by atoms with Crippen molar-refractivity contribution in [1.82, 2.24) is 9.88 Å². The SMILES string of the molecule is C[NH2+]c1c(C=N)cccc1-c1cc(C#Cc2ccc3c(c2)CC(=O)N3C)nc(NC(=O)C(C)N(C)C(=O)OC(C)(C)C)c1. The predicted molar refractivity (Wildman–Crippen MR) is 167 cm³/mol. The van der Waals surface area contributed by atoms with E-state index in [2.05, 4.69) is 22.1 Å². The molecular formula is C33H37N6O4+. The number of fused-ring (bicyclic) bond motifs is 1. The Morgan fingerprint density at radius 3 is 2.60 bits per heavy atom. The minimum atomic E-state index is -0.845. The van der Waals surface area contributed by atoms with Crippen LogP contribution in [0, 0.1) is 17.3 Å². The zero-order valence-electron chi connectivity index (χ0n) is 25.5. The number of benzene rings is 2. The summed E-state index contributed by atoms with van der Waals surface area (Å²) in [6.45, 7) is 6.89. The lowest BCUT2D eigenvalue weighted by Gasteiger charge is -2.28. The van der Waals surface area contributed by atoms with E-state index >= 15 is 0 Å². The number of nitrogens with two attached hydrogens (primary N) is 1. The minimum Gasteiger partial charge on any atom is -0.444 e. The highest BCUT2D eigenvalue weighted by Gasteiger charge is 2.28. The standard InChI is InChI=1S/C33H36N6O4/c1-20(38(6)32(42)43-33(2,3)4)31(41)37-28-17-23(26-10-8-9-22(19-34)30(26)35-5)16-25(36-28)13-11-21-12-14-27-24(15-21)18-29(40)39(27)7/h8-10,12,14-17,19-20,34-35H,18H2,1-7H3,(H,36,37,41)/p+1. The first kappa shape index (κ1) is 30.9. The summed E-state index contributed by atoms with van der Waals surface area (Å²) in [6.07, 6.45) is 1.02. The van der Waals surface area contributed by atoms with Gasteiger partial charge >= 0.3 is 6.09 Å². The lowest BCUT2D eigenvalue weighted by molar-refractivity contribution is -0.538. The molecule has 1 atom stereocenters. The van der Waals surface area contributed by atoms with Crippen molar-refractivity contribution in [3.8, 4) is 23.0 Å². The predicted octanol–water partition coefficient (Wildman–Crippen LogP) is 3.68. The molecule has 1 aliphatic heterocycles. The van der Waals surface area contributed by atoms with E-state index in [0.717, 1.165) is 39.2 Å². The monoisotopic (exact) mass is 581 g/mol. The summed E-state index contributed by atoms with van der Waals surface area (Å²) < 4.78 is 5.41. The molecule has 0 fully saturated rings. The molecule has 2 aromatic carbocycles. The molecule has 222 valence electrons. The van der Waals surface area contributed by atoms with Crippen LogP contribution in [0.1, 0.15) is 50.1 Å². The number of aromatic nitrogens is 1. The maximum Gasteiger partial charge on any atom is 0.410 e. The van der Waals surface area contributed by atoms with E-state index in [9.17, 15) is 14.4 Å². The van der Waals surface area contributed by atoms with E-state index in [-0.39, 0.29) is 11.7 Å². The normalized spacial score (nSPS) is 13.0. The fourth-order valence-electron chi connectivity index (χ4n) is 4.68. The van der Waals surface area contributed by atoms with Gasteiger partial charge in [0.15, 0.2) is 0 Å². The summed E-state index contributed by atoms with van der Waals surface area (Å²) in [5, 5.41) is 12.6. The lowest BCUT2D eigenvalue weighted by atomic mass is 10.00. The van der Waals surface area contributed by atoms with Crippen LogP contribution >= 0.6 is 0 Å². The third-order valence-corrected chi connectivity index (χ3v) is 7.11. The number of carbonyl (C=O) groups is 3. The molecule has 10 heteroatoms. The first-order valence-electron chi connectivity index (χ1n) is 13.9. The van der Waals surface area contributed by atoms with Crippen molar-refractivity contribution in [2.45, 2.75) is 45.8 Å². The second-order valence-corrected chi connectivity index (χ2v) is 11.3. The van der Waals surface area contributed by atoms with Crippen molar-refractivity contribution in [3.63, 3.8) is 0 Å². The number of anilines is 2. The van der Waals surface area contributed by atoms with Crippen LogP contribution in [0.15, 0.2) is 48.5 Å². The molecule has 0 saturated heterocycles. The first-order valence-corrected chi connectivity index (χ1v) is 13.9. The van der Waals surface area contributed by atoms with Crippen LogP contribution in [0.4, 0.5) is 22.0 Å². The molecule has 0 bridgehead atoms. The zero-order chi connectivity index (χ0) is 31.5. The fraction of sp³-hybridized carbons (Fsp3) is 0.303. The van der Waals surface area contributed by atoms with Gasteiger partial charge in [0, 0.05) is 37.1 Å². The summed E-state index contributed by atoms with van der Waals surface area (Å²) in [7, 11) is 5.17. The van der Waals surface area contributed by atoms with Gasteiger partial charge in [-0.25, -0.2) is 9.78 Å². The van der Waals surface area contributed by atoms with E-state index in [4.69, 9.17) is 10.1 Å². The highest BCUT2D eigenvalue weighted by Crippen LogP contribution is 2.30. The number of carbonyl (C=O) groups excluding carboxylic acids is 3. The van der Waals surface area contributed by atoms with Crippen LogP contribution in [-0.2, 0) is 20.7 Å². The van der Waals surface area contributed by atoms with Crippen molar-refractivity contribution in [3.05, 3.63) is 70.9 Å². The molecule has 1 unspecified atom stereocenters. The largest absolute Gasteiger partial charge is 0.444 e. The van der Waals surface area contributed by atoms with Gasteiger partial charge in [-0.15, -0.1) is 0 Å². The summed E-state index contributed by atoms with van der Waals surface area (Å²) in [5.74, 6) is 6.11. The van der Waals surface area contributed by atoms with Crippen molar-refractivity contribution in [1.29, 1.82) is 5.41 Å². The van der Waals surface area contributed by atoms with Crippen molar-refractivity contribution >= 4 is 41.3 Å². The van der Waals surface area contributed by atoms with Gasteiger partial charge in [0.1, 0.15) is 28.8 Å². The average Bonchev–Trinajstić information content (AvgIpc) is 3.25. The van der Waals surface area contributed by atoms with E-state index in [1.54, 1.807) is 45.7 Å². The van der Waals surface area contributed by atoms with Crippen LogP contribution in [-0.4, -0.2) is 66.8 Å². The Morgan fingerprint density at radius 2 is 1.93 bits per heavy atom. The molecule has 0 aliphatic carbocycles. The molecule has 4 N–H and O–H groups in total. The van der Waals surface area contributed by atoms with Gasteiger partial charge in [0.05, 0.1) is 19.0 Å². The van der Waals surface area contributed by atoms with Crippen LogP contribution in [0.25, 0.3) is 11.1 Å². The van der Waals surface area contributed by atoms with Crippen LogP contribution in [0.2, 0.25) is 0 Å². The average molecular weight is 582 g/mol. The maximum absolute atomic E-state index is 13.2. The number of para-hydroxylation sites is 1. The number of nitrogens with one attached hydrogen (secondary N) is 2. The molecule has 1 aliphatic rings. The second-order valence-electron chi connectivity index (χ2n) is 11.3.